The van der Waals surface area contributed by atoms with Gasteiger partial charge in [-0.25, -0.2) is 0 Å². The third-order valence-electron chi connectivity index (χ3n) is 4.41. The molecule has 1 aromatic heterocycles. The molecular weight excluding hydrogens is 403 g/mol. The molecule has 0 aliphatic rings. The molecule has 1 heterocycles. The molecule has 27 heavy (non-hydrogen) atoms. The Morgan fingerprint density at radius 3 is 1.89 bits per heavy atom. The van der Waals surface area contributed by atoms with Crippen molar-refractivity contribution in [1.29, 1.82) is 0 Å². The summed E-state index contributed by atoms with van der Waals surface area (Å²) in [5.74, 6) is 0.124. The second kappa shape index (κ2) is 7.70. The number of benzene rings is 3. The van der Waals surface area contributed by atoms with E-state index < -0.39 is 0 Å². The summed E-state index contributed by atoms with van der Waals surface area (Å²) in [6.07, 6.45) is 0. The Hall–Kier alpha value is -3.01. The van der Waals surface area contributed by atoms with E-state index in [1.165, 1.54) is 23.3 Å². The van der Waals surface area contributed by atoms with Crippen LogP contribution < -0.4 is 0 Å². The van der Waals surface area contributed by atoms with Gasteiger partial charge in [0.1, 0.15) is 0 Å². The number of nitro groups is 1. The fourth-order valence-electron chi connectivity index (χ4n) is 3.08. The summed E-state index contributed by atoms with van der Waals surface area (Å²) in [5, 5.41) is 10.9. The van der Waals surface area contributed by atoms with Crippen LogP contribution in [0.1, 0.15) is 21.6 Å². The summed E-state index contributed by atoms with van der Waals surface area (Å²) >= 11 is 0.132. The van der Waals surface area contributed by atoms with Gasteiger partial charge in [0.25, 0.3) is 0 Å². The first-order chi connectivity index (χ1) is 13.2. The Morgan fingerprint density at radius 2 is 1.37 bits per heavy atom. The monoisotopic (exact) mass is 420 g/mol. The van der Waals surface area contributed by atoms with Crippen molar-refractivity contribution in [2.75, 3.05) is 0 Å². The minimum absolute atomic E-state index is 0.0958. The molecule has 5 heteroatoms. The Labute approximate surface area is 163 Å². The number of non-ortho nitro benzene ring substituents is 1. The summed E-state index contributed by atoms with van der Waals surface area (Å²) in [4.78, 5) is 17.5. The predicted octanol–water partition coefficient (Wildman–Crippen LogP) is 4.89. The van der Waals surface area contributed by atoms with Crippen molar-refractivity contribution in [1.82, 2.24) is 4.98 Å². The van der Waals surface area contributed by atoms with Crippen LogP contribution in [0.15, 0.2) is 89.9 Å². The predicted molar refractivity (Wildman–Crippen MR) is 107 cm³/mol. The second-order valence-corrected chi connectivity index (χ2v) is 8.00. The number of nitrogens with zero attached hydrogens (tertiary/aromatic N) is 2. The van der Waals surface area contributed by atoms with Crippen LogP contribution in [0.4, 0.5) is 5.69 Å². The van der Waals surface area contributed by atoms with E-state index in [1.54, 1.807) is 12.1 Å². The summed E-state index contributed by atoms with van der Waals surface area (Å²) in [5.41, 5.74) is 4.36. The molecule has 0 bridgehead atoms. The molecule has 0 unspecified atom stereocenters. The average Bonchev–Trinajstić information content (AvgIpc) is 3.19. The van der Waals surface area contributed by atoms with Crippen molar-refractivity contribution < 1.29 is 4.92 Å². The van der Waals surface area contributed by atoms with Crippen LogP contribution in [0.5, 0.6) is 0 Å². The van der Waals surface area contributed by atoms with E-state index >= 15 is 0 Å². The molecule has 0 atom stereocenters. The Bertz CT molecular complexity index is 1010. The van der Waals surface area contributed by atoms with Crippen LogP contribution in [-0.2, 0) is 0 Å². The van der Waals surface area contributed by atoms with Crippen LogP contribution in [0, 0.1) is 10.1 Å². The van der Waals surface area contributed by atoms with Crippen molar-refractivity contribution in [3.8, 4) is 11.3 Å². The summed E-state index contributed by atoms with van der Waals surface area (Å²) in [6.45, 7) is 0. The van der Waals surface area contributed by atoms with Crippen molar-refractivity contribution in [2.45, 2.75) is 5.92 Å². The Balaban J connectivity index is 1.73. The molecule has 132 valence electrons. The van der Waals surface area contributed by atoms with Gasteiger partial charge in [-0.05, 0) is 0 Å². The zero-order valence-electron chi connectivity index (χ0n) is 14.4. The van der Waals surface area contributed by atoms with Gasteiger partial charge in [-0.2, -0.15) is 0 Å². The summed E-state index contributed by atoms with van der Waals surface area (Å²) < 4.78 is 1.15. The van der Waals surface area contributed by atoms with E-state index in [-0.39, 0.29) is 31.0 Å². The van der Waals surface area contributed by atoms with Gasteiger partial charge in [0, 0.05) is 0 Å². The van der Waals surface area contributed by atoms with Gasteiger partial charge in [-0.1, -0.05) is 0 Å². The first-order valence-corrected chi connectivity index (χ1v) is 10.4. The zero-order valence-corrected chi connectivity index (χ0v) is 16.1. The first-order valence-electron chi connectivity index (χ1n) is 8.52. The number of aromatic nitrogens is 1. The maximum atomic E-state index is 10.9. The van der Waals surface area contributed by atoms with E-state index in [1.807, 2.05) is 12.1 Å². The average molecular weight is 419 g/mol. The van der Waals surface area contributed by atoms with E-state index in [9.17, 15) is 10.1 Å². The second-order valence-electron chi connectivity index (χ2n) is 6.13. The van der Waals surface area contributed by atoms with Gasteiger partial charge in [-0.15, -0.1) is 0 Å². The van der Waals surface area contributed by atoms with Gasteiger partial charge in [0.15, 0.2) is 0 Å². The number of hydrogen-bond acceptors (Lipinski definition) is 3. The van der Waals surface area contributed by atoms with Crippen LogP contribution in [0.2, 0.25) is 0 Å². The molecule has 0 radical (unpaired) electrons. The topological polar surface area (TPSA) is 56.0 Å². The maximum absolute atomic E-state index is 10.9. The molecule has 0 aliphatic heterocycles. The molecule has 4 nitrogen and oxygen atoms in total. The van der Waals surface area contributed by atoms with Crippen molar-refractivity contribution in [3.63, 3.8) is 0 Å². The Morgan fingerprint density at radius 1 is 0.815 bits per heavy atom. The van der Waals surface area contributed by atoms with Crippen LogP contribution in [0.3, 0.4) is 0 Å². The minimum atomic E-state index is -0.383. The van der Waals surface area contributed by atoms with E-state index in [0.717, 1.165) is 15.8 Å². The third-order valence-corrected chi connectivity index (χ3v) is 6.32. The van der Waals surface area contributed by atoms with Crippen molar-refractivity contribution >= 4 is 20.2 Å². The van der Waals surface area contributed by atoms with Gasteiger partial charge >= 0.3 is 163 Å². The molecule has 0 spiro atoms. The van der Waals surface area contributed by atoms with Gasteiger partial charge in [0.2, 0.25) is 0 Å². The van der Waals surface area contributed by atoms with Gasteiger partial charge in [0.05, 0.1) is 0 Å². The van der Waals surface area contributed by atoms with Gasteiger partial charge < -0.3 is 0 Å². The fraction of sp³-hybridized carbons (Fsp3) is 0.0455. The molecule has 4 aromatic rings. The molecule has 0 N–H and O–H groups in total. The fourth-order valence-corrected chi connectivity index (χ4v) is 5.13. The molecule has 4 rings (SSSR count). The molecule has 0 saturated carbocycles. The standard InChI is InChI=1S/C22H16N2O2Se/c25-24(26)19-13-11-16(12-14-19)20-15-27-22(23-20)21(17-7-3-1-4-8-17)18-9-5-2-6-10-18/h1-15,21H. The zero-order chi connectivity index (χ0) is 18.6. The van der Waals surface area contributed by atoms with Crippen LogP contribution in [-0.4, -0.2) is 24.4 Å². The van der Waals surface area contributed by atoms with Crippen molar-refractivity contribution in [3.05, 3.63) is 116 Å². The van der Waals surface area contributed by atoms with Crippen molar-refractivity contribution in [2.24, 2.45) is 0 Å². The van der Waals surface area contributed by atoms with Crippen LogP contribution >= 0.6 is 0 Å². The quantitative estimate of drug-likeness (QED) is 0.263. The third kappa shape index (κ3) is 3.75. The van der Waals surface area contributed by atoms with E-state index in [2.05, 4.69) is 53.5 Å². The molecule has 0 fully saturated rings. The summed E-state index contributed by atoms with van der Waals surface area (Å²) in [7, 11) is 0. The first kappa shape index (κ1) is 17.4. The normalized spacial score (nSPS) is 10.9. The van der Waals surface area contributed by atoms with Gasteiger partial charge in [-0.3, -0.25) is 0 Å². The number of hydrogen-bond donors (Lipinski definition) is 0. The number of nitro benzene ring substituents is 1. The SMILES string of the molecule is O=[N+]([O-])c1ccc(-c2c[se]c(C(c3ccccc3)c3ccccc3)n2)cc1. The van der Waals surface area contributed by atoms with E-state index in [0.29, 0.717) is 0 Å². The molecular formula is C22H16N2O2Se. The molecule has 3 aromatic carbocycles. The Kier molecular flexibility index (Phi) is 4.97. The number of rotatable bonds is 5. The molecule has 0 aliphatic carbocycles. The summed E-state index contributed by atoms with van der Waals surface area (Å²) in [6, 6.07) is 27.4. The molecule has 0 amide bonds. The van der Waals surface area contributed by atoms with Crippen LogP contribution in [0.25, 0.3) is 11.3 Å². The molecule has 0 saturated heterocycles. The van der Waals surface area contributed by atoms with E-state index in [4.69, 9.17) is 4.98 Å².